The molecule has 0 N–H and O–H groups in total. The van der Waals surface area contributed by atoms with E-state index >= 15 is 0 Å². The van der Waals surface area contributed by atoms with Crippen molar-refractivity contribution in [3.05, 3.63) is 45.6 Å². The van der Waals surface area contributed by atoms with Gasteiger partial charge < -0.3 is 0 Å². The van der Waals surface area contributed by atoms with E-state index in [2.05, 4.69) is 67.5 Å². The van der Waals surface area contributed by atoms with Crippen molar-refractivity contribution in [2.75, 3.05) is 0 Å². The Morgan fingerprint density at radius 3 is 1.34 bits per heavy atom. The van der Waals surface area contributed by atoms with Gasteiger partial charge in [-0.15, -0.1) is 0 Å². The fourth-order valence-corrected chi connectivity index (χ4v) is 22.7. The number of halogens is 2. The molecule has 4 aliphatic rings. The van der Waals surface area contributed by atoms with Gasteiger partial charge in [-0.2, -0.15) is 0 Å². The van der Waals surface area contributed by atoms with Crippen LogP contribution in [0.1, 0.15) is 107 Å². The zero-order valence-corrected chi connectivity index (χ0v) is 25.7. The van der Waals surface area contributed by atoms with E-state index in [-0.39, 0.29) is 18.1 Å². The van der Waals surface area contributed by atoms with E-state index in [1.54, 1.807) is 22.3 Å². The van der Waals surface area contributed by atoms with Gasteiger partial charge in [0, 0.05) is 0 Å². The van der Waals surface area contributed by atoms with Gasteiger partial charge in [0.2, 0.25) is 0 Å². The third-order valence-electron chi connectivity index (χ3n) is 8.80. The quantitative estimate of drug-likeness (QED) is 0.318. The molecule has 32 heavy (non-hydrogen) atoms. The summed E-state index contributed by atoms with van der Waals surface area (Å²) in [5.41, 5.74) is 9.83. The van der Waals surface area contributed by atoms with Crippen molar-refractivity contribution >= 4 is 20.2 Å². The Labute approximate surface area is 205 Å². The summed E-state index contributed by atoms with van der Waals surface area (Å²) in [4.78, 5) is 0. The molecule has 2 atom stereocenters. The van der Waals surface area contributed by atoms with Crippen LogP contribution in [-0.4, -0.2) is 3.21 Å². The molecule has 2 unspecified atom stereocenters. The summed E-state index contributed by atoms with van der Waals surface area (Å²) in [7, 11) is 16.4. The molecule has 0 radical (unpaired) electrons. The number of hydrogen-bond donors (Lipinski definition) is 0. The third kappa shape index (κ3) is 3.84. The second-order valence-corrected chi connectivity index (χ2v) is 35.2. The molecule has 0 heterocycles. The summed E-state index contributed by atoms with van der Waals surface area (Å²) in [6.07, 6.45) is 15.1. The van der Waals surface area contributed by atoms with Gasteiger partial charge in [0.05, 0.1) is 0 Å². The van der Waals surface area contributed by atoms with Gasteiger partial charge in [-0.1, -0.05) is 0 Å². The molecule has 0 bridgehead atoms. The third-order valence-corrected chi connectivity index (χ3v) is 31.7. The summed E-state index contributed by atoms with van der Waals surface area (Å²) in [6.45, 7) is 18.7. The van der Waals surface area contributed by atoms with E-state index in [4.69, 9.17) is 17.0 Å². The van der Waals surface area contributed by atoms with Crippen molar-refractivity contribution in [1.82, 2.24) is 0 Å². The monoisotopic (exact) mass is 552 g/mol. The minimum absolute atomic E-state index is 0.141. The topological polar surface area (TPSA) is 0 Å². The average Bonchev–Trinajstić information content (AvgIpc) is 3.28. The fourth-order valence-electron chi connectivity index (χ4n) is 7.06. The Morgan fingerprint density at radius 1 is 0.688 bits per heavy atom. The van der Waals surface area contributed by atoms with Crippen LogP contribution >= 0.6 is 17.0 Å². The average molecular weight is 555 g/mol. The Kier molecular flexibility index (Phi) is 6.48. The second kappa shape index (κ2) is 8.17. The molecule has 0 saturated carbocycles. The van der Waals surface area contributed by atoms with E-state index in [0.29, 0.717) is 0 Å². The molecule has 3 heteroatoms. The van der Waals surface area contributed by atoms with E-state index in [0.717, 1.165) is 0 Å². The van der Waals surface area contributed by atoms with Crippen molar-refractivity contribution in [1.29, 1.82) is 0 Å². The first-order chi connectivity index (χ1) is 14.7. The van der Waals surface area contributed by atoms with Crippen LogP contribution in [0.5, 0.6) is 0 Å². The molecule has 4 rings (SSSR count). The molecule has 0 aliphatic heterocycles. The van der Waals surface area contributed by atoms with Crippen LogP contribution in [0, 0.1) is 10.8 Å². The molecule has 0 amide bonds. The molecule has 0 spiro atoms. The standard InChI is InChI=1S/2C13H19.C3H6.2ClH.Zr/c2*1-13(2,3)12-9-8-10-6-4-5-7-11(10)12;1-3-2;;;/h2*8-9H,4-7H2,1-3H3;1-2H3;2*1H;/q;;;;;+2/p-2. The summed E-state index contributed by atoms with van der Waals surface area (Å²) in [6, 6.07) is 0. The van der Waals surface area contributed by atoms with Gasteiger partial charge in [0.1, 0.15) is 0 Å². The molecule has 178 valence electrons. The van der Waals surface area contributed by atoms with Crippen molar-refractivity contribution in [3.8, 4) is 0 Å². The predicted octanol–water partition coefficient (Wildman–Crippen LogP) is 10.5. The maximum absolute atomic E-state index is 8.19. The minimum atomic E-state index is -4.53. The van der Waals surface area contributed by atoms with Gasteiger partial charge in [-0.25, -0.2) is 0 Å². The molecular weight excluding hydrogens is 510 g/mol. The van der Waals surface area contributed by atoms with Crippen LogP contribution in [0.15, 0.2) is 45.6 Å². The molecule has 0 aromatic rings. The van der Waals surface area contributed by atoms with E-state index in [9.17, 15) is 0 Å². The zero-order chi connectivity index (χ0) is 23.7. The van der Waals surface area contributed by atoms with Gasteiger partial charge in [0.25, 0.3) is 0 Å². The van der Waals surface area contributed by atoms with Crippen LogP contribution in [0.2, 0.25) is 7.25 Å². The molecule has 4 aliphatic carbocycles. The first-order valence-electron chi connectivity index (χ1n) is 12.9. The van der Waals surface area contributed by atoms with Crippen LogP contribution < -0.4 is 0 Å². The first-order valence-corrected chi connectivity index (χ1v) is 23.3. The molecule has 0 nitrogen and oxygen atoms in total. The molecular formula is C29H44Cl2Zr. The Morgan fingerprint density at radius 2 is 1.03 bits per heavy atom. The SMILES string of the molecule is C[C](C)=[Zr]([Cl])([Cl])([CH]1C=C(C(C)(C)C)C2=C1CCCC2)[CH]1C=C(C(C)(C)C)C2=C1CCCC2. The van der Waals surface area contributed by atoms with Crippen molar-refractivity contribution in [2.24, 2.45) is 10.8 Å². The zero-order valence-electron chi connectivity index (χ0n) is 21.7. The Balaban J connectivity index is 1.98. The number of allylic oxidation sites excluding steroid dienone is 8. The van der Waals surface area contributed by atoms with Gasteiger partial charge in [0.15, 0.2) is 0 Å². The maximum atomic E-state index is 8.19. The van der Waals surface area contributed by atoms with Crippen molar-refractivity contribution in [2.45, 2.75) is 114 Å². The van der Waals surface area contributed by atoms with Crippen LogP contribution in [0.4, 0.5) is 0 Å². The summed E-state index contributed by atoms with van der Waals surface area (Å²) in [5, 5.41) is 0. The summed E-state index contributed by atoms with van der Waals surface area (Å²) in [5.74, 6) is 0. The summed E-state index contributed by atoms with van der Waals surface area (Å²) < 4.78 is 1.86. The predicted molar refractivity (Wildman–Crippen MR) is 142 cm³/mol. The van der Waals surface area contributed by atoms with Crippen LogP contribution in [-0.2, 0) is 15.9 Å². The Hall–Kier alpha value is 0.293. The normalized spacial score (nSPS) is 27.3. The van der Waals surface area contributed by atoms with E-state index in [1.807, 2.05) is 0 Å². The van der Waals surface area contributed by atoms with Gasteiger partial charge >= 0.3 is 207 Å². The van der Waals surface area contributed by atoms with Crippen molar-refractivity contribution < 1.29 is 15.9 Å². The molecule has 0 aromatic carbocycles. The van der Waals surface area contributed by atoms with Crippen LogP contribution in [0.25, 0.3) is 0 Å². The van der Waals surface area contributed by atoms with Gasteiger partial charge in [-0.3, -0.25) is 0 Å². The molecule has 0 aromatic heterocycles. The second-order valence-electron chi connectivity index (χ2n) is 13.2. The molecule has 0 saturated heterocycles. The van der Waals surface area contributed by atoms with Gasteiger partial charge in [-0.05, 0) is 0 Å². The number of rotatable bonds is 2. The fraction of sp³-hybridized carbons (Fsp3) is 0.690. The molecule has 0 fully saturated rings. The Bertz CT molecular complexity index is 948. The van der Waals surface area contributed by atoms with E-state index in [1.165, 1.54) is 65.7 Å². The first kappa shape index (κ1) is 25.4. The number of hydrogen-bond acceptors (Lipinski definition) is 0. The summed E-state index contributed by atoms with van der Waals surface area (Å²) >= 11 is -4.53. The van der Waals surface area contributed by atoms with Crippen LogP contribution in [0.3, 0.4) is 0 Å². The van der Waals surface area contributed by atoms with Crippen molar-refractivity contribution in [3.63, 3.8) is 0 Å². The van der Waals surface area contributed by atoms with E-state index < -0.39 is 15.9 Å².